The van der Waals surface area contributed by atoms with E-state index in [0.717, 1.165) is 29.7 Å². The highest BCUT2D eigenvalue weighted by Crippen LogP contribution is 2.27. The van der Waals surface area contributed by atoms with Crippen LogP contribution in [0.25, 0.3) is 11.3 Å². The van der Waals surface area contributed by atoms with Crippen molar-refractivity contribution in [2.45, 2.75) is 45.1 Å². The molecule has 0 atom stereocenters. The first-order valence-electron chi connectivity index (χ1n) is 11.6. The zero-order chi connectivity index (χ0) is 23.9. The summed E-state index contributed by atoms with van der Waals surface area (Å²) in [6.07, 6.45) is 6.27. The molecule has 0 bridgehead atoms. The topological polar surface area (TPSA) is 88.3 Å². The molecule has 34 heavy (non-hydrogen) atoms. The molecule has 1 aliphatic carbocycles. The zero-order valence-corrected chi connectivity index (χ0v) is 20.6. The molecule has 1 fully saturated rings. The summed E-state index contributed by atoms with van der Waals surface area (Å²) in [6.45, 7) is 0.374. The normalized spacial score (nSPS) is 14.0. The number of nitrogens with two attached hydrogens (primary N) is 1. The minimum absolute atomic E-state index is 0.00144. The van der Waals surface area contributed by atoms with E-state index >= 15 is 0 Å². The first-order valence-corrected chi connectivity index (χ1v) is 12.9. The summed E-state index contributed by atoms with van der Waals surface area (Å²) >= 11 is 7.40. The van der Waals surface area contributed by atoms with Gasteiger partial charge in [0.2, 0.25) is 11.8 Å². The SMILES string of the molecule is Nc1nc(-c2ccc(NC(=O)CN(Cc3ccc(Cl)cc3)C(=O)CC3CCCCC3)cc2)cs1. The minimum atomic E-state index is -0.225. The number of nitrogen functional groups attached to an aromatic ring is 1. The second kappa shape index (κ2) is 11.5. The Bertz CT molecular complexity index is 1110. The number of nitrogens with zero attached hydrogens (tertiary/aromatic N) is 2. The predicted octanol–water partition coefficient (Wildman–Crippen LogP) is 5.98. The molecule has 4 rings (SSSR count). The Labute approximate surface area is 209 Å². The maximum Gasteiger partial charge on any atom is 0.244 e. The summed E-state index contributed by atoms with van der Waals surface area (Å²) in [5.74, 6) is 0.203. The average Bonchev–Trinajstić information content (AvgIpc) is 3.27. The highest BCUT2D eigenvalue weighted by Gasteiger charge is 2.23. The van der Waals surface area contributed by atoms with Crippen molar-refractivity contribution in [1.29, 1.82) is 0 Å². The number of nitrogens with one attached hydrogen (secondary N) is 1. The summed E-state index contributed by atoms with van der Waals surface area (Å²) in [6, 6.07) is 14.8. The van der Waals surface area contributed by atoms with Crippen molar-refractivity contribution in [1.82, 2.24) is 9.88 Å². The fraction of sp³-hybridized carbons (Fsp3) is 0.346. The molecule has 0 radical (unpaired) electrons. The number of anilines is 2. The van der Waals surface area contributed by atoms with Crippen LogP contribution in [0.5, 0.6) is 0 Å². The lowest BCUT2D eigenvalue weighted by Crippen LogP contribution is -2.38. The molecule has 6 nitrogen and oxygen atoms in total. The van der Waals surface area contributed by atoms with Crippen LogP contribution in [0, 0.1) is 5.92 Å². The van der Waals surface area contributed by atoms with Crippen molar-refractivity contribution in [3.63, 3.8) is 0 Å². The third-order valence-electron chi connectivity index (χ3n) is 6.15. The molecule has 2 aromatic carbocycles. The van der Waals surface area contributed by atoms with Gasteiger partial charge in [0.05, 0.1) is 5.69 Å². The number of amides is 2. The number of hydrogen-bond acceptors (Lipinski definition) is 5. The Morgan fingerprint density at radius 1 is 1.06 bits per heavy atom. The van der Waals surface area contributed by atoms with Gasteiger partial charge in [0.15, 0.2) is 5.13 Å². The fourth-order valence-corrected chi connectivity index (χ4v) is 5.03. The first-order chi connectivity index (χ1) is 16.5. The molecule has 8 heteroatoms. The largest absolute Gasteiger partial charge is 0.375 e. The molecule has 1 aliphatic rings. The van der Waals surface area contributed by atoms with E-state index in [4.69, 9.17) is 17.3 Å². The van der Waals surface area contributed by atoms with Crippen molar-refractivity contribution < 1.29 is 9.59 Å². The van der Waals surface area contributed by atoms with E-state index in [9.17, 15) is 9.59 Å². The van der Waals surface area contributed by atoms with Crippen molar-refractivity contribution in [3.05, 3.63) is 64.5 Å². The van der Waals surface area contributed by atoms with Crippen LogP contribution in [0.2, 0.25) is 5.02 Å². The highest BCUT2D eigenvalue weighted by atomic mass is 35.5. The predicted molar refractivity (Wildman–Crippen MR) is 139 cm³/mol. The third kappa shape index (κ3) is 6.81. The Morgan fingerprint density at radius 2 is 1.76 bits per heavy atom. The zero-order valence-electron chi connectivity index (χ0n) is 19.0. The third-order valence-corrected chi connectivity index (χ3v) is 7.07. The summed E-state index contributed by atoms with van der Waals surface area (Å²) in [7, 11) is 0. The highest BCUT2D eigenvalue weighted by molar-refractivity contribution is 7.13. The molecule has 0 unspecified atom stereocenters. The number of carbonyl (C=O) groups excluding carboxylic acids is 2. The van der Waals surface area contributed by atoms with Crippen molar-refractivity contribution >= 4 is 45.6 Å². The van der Waals surface area contributed by atoms with Gasteiger partial charge in [0.1, 0.15) is 6.54 Å². The van der Waals surface area contributed by atoms with Gasteiger partial charge < -0.3 is 16.0 Å². The molecular weight excluding hydrogens is 468 g/mol. The van der Waals surface area contributed by atoms with Crippen LogP contribution in [0.1, 0.15) is 44.1 Å². The molecular formula is C26H29ClN4O2S. The molecule has 178 valence electrons. The Hall–Kier alpha value is -2.90. The minimum Gasteiger partial charge on any atom is -0.375 e. The van der Waals surface area contributed by atoms with Gasteiger partial charge in [-0.2, -0.15) is 0 Å². The van der Waals surface area contributed by atoms with E-state index in [2.05, 4.69) is 10.3 Å². The number of benzene rings is 2. The summed E-state index contributed by atoms with van der Waals surface area (Å²) in [5, 5.41) is 5.97. The van der Waals surface area contributed by atoms with Crippen LogP contribution >= 0.6 is 22.9 Å². The van der Waals surface area contributed by atoms with E-state index in [0.29, 0.717) is 34.7 Å². The van der Waals surface area contributed by atoms with Gasteiger partial charge in [-0.05, 0) is 48.6 Å². The molecule has 3 N–H and O–H groups in total. The van der Waals surface area contributed by atoms with Crippen LogP contribution in [-0.2, 0) is 16.1 Å². The van der Waals surface area contributed by atoms with Gasteiger partial charge in [-0.3, -0.25) is 9.59 Å². The quantitative estimate of drug-likeness (QED) is 0.401. The molecule has 0 aliphatic heterocycles. The standard InChI is InChI=1S/C26H29ClN4O2S/c27-21-10-6-19(7-11-21)15-31(25(33)14-18-4-2-1-3-5-18)16-24(32)29-22-12-8-20(9-13-22)23-17-34-26(28)30-23/h6-13,17-18H,1-5,14-16H2,(H2,28,30)(H,29,32). The van der Waals surface area contributed by atoms with Gasteiger partial charge in [-0.25, -0.2) is 4.98 Å². The van der Waals surface area contributed by atoms with E-state index in [-0.39, 0.29) is 18.4 Å². The van der Waals surface area contributed by atoms with Crippen molar-refractivity contribution in [2.75, 3.05) is 17.6 Å². The van der Waals surface area contributed by atoms with E-state index < -0.39 is 0 Å². The maximum absolute atomic E-state index is 13.2. The Kier molecular flexibility index (Phi) is 8.19. The van der Waals surface area contributed by atoms with Gasteiger partial charge in [0, 0.05) is 34.6 Å². The lowest BCUT2D eigenvalue weighted by molar-refractivity contribution is -0.136. The lowest BCUT2D eigenvalue weighted by atomic mass is 9.86. The molecule has 0 spiro atoms. The van der Waals surface area contributed by atoms with Gasteiger partial charge in [-0.15, -0.1) is 11.3 Å². The molecule has 3 aromatic rings. The smallest absolute Gasteiger partial charge is 0.244 e. The summed E-state index contributed by atoms with van der Waals surface area (Å²) in [4.78, 5) is 32.0. The Morgan fingerprint density at radius 3 is 2.41 bits per heavy atom. The van der Waals surface area contributed by atoms with Gasteiger partial charge in [0.25, 0.3) is 0 Å². The lowest BCUT2D eigenvalue weighted by Gasteiger charge is -2.27. The number of thiazole rings is 1. The maximum atomic E-state index is 13.2. The van der Waals surface area contributed by atoms with E-state index in [1.165, 1.54) is 30.6 Å². The second-order valence-corrected chi connectivity index (χ2v) is 10.1. The monoisotopic (exact) mass is 496 g/mol. The second-order valence-electron chi connectivity index (χ2n) is 8.78. The van der Waals surface area contributed by atoms with Gasteiger partial charge >= 0.3 is 0 Å². The first kappa shape index (κ1) is 24.2. The fourth-order valence-electron chi connectivity index (χ4n) is 4.33. The number of rotatable bonds is 8. The van der Waals surface area contributed by atoms with Crippen molar-refractivity contribution in [2.24, 2.45) is 5.92 Å². The van der Waals surface area contributed by atoms with Crippen LogP contribution in [0.4, 0.5) is 10.8 Å². The van der Waals surface area contributed by atoms with Gasteiger partial charge in [-0.1, -0.05) is 55.1 Å². The summed E-state index contributed by atoms with van der Waals surface area (Å²) < 4.78 is 0. The number of aromatic nitrogens is 1. The number of carbonyl (C=O) groups is 2. The molecule has 0 saturated heterocycles. The van der Waals surface area contributed by atoms with E-state index in [1.54, 1.807) is 17.0 Å². The van der Waals surface area contributed by atoms with Crippen LogP contribution in [0.15, 0.2) is 53.9 Å². The molecule has 1 saturated carbocycles. The van der Waals surface area contributed by atoms with Crippen LogP contribution < -0.4 is 11.1 Å². The number of halogens is 1. The molecule has 2 amide bonds. The van der Waals surface area contributed by atoms with Crippen LogP contribution in [0.3, 0.4) is 0 Å². The molecule has 1 aromatic heterocycles. The molecule has 1 heterocycles. The van der Waals surface area contributed by atoms with Crippen LogP contribution in [-0.4, -0.2) is 28.2 Å². The number of hydrogen-bond donors (Lipinski definition) is 2. The van der Waals surface area contributed by atoms with Crippen molar-refractivity contribution in [3.8, 4) is 11.3 Å². The summed E-state index contributed by atoms with van der Waals surface area (Å²) in [5.41, 5.74) is 9.07. The Balaban J connectivity index is 1.41. The average molecular weight is 497 g/mol. The van der Waals surface area contributed by atoms with E-state index in [1.807, 2.05) is 41.8 Å².